The largest absolute Gasteiger partial charge is 0.455 e. The van der Waals surface area contributed by atoms with Gasteiger partial charge in [0.25, 0.3) is 0 Å². The molecule has 0 fully saturated rings. The molecular weight excluding hydrogens is 284 g/mol. The van der Waals surface area contributed by atoms with Crippen LogP contribution in [0.2, 0.25) is 0 Å². The van der Waals surface area contributed by atoms with Crippen LogP contribution in [0, 0.1) is 0 Å². The Kier molecular flexibility index (Phi) is 3.73. The summed E-state index contributed by atoms with van der Waals surface area (Å²) in [6, 6.07) is 10.8. The Morgan fingerprint density at radius 3 is 3.05 bits per heavy atom. The molecule has 0 unspecified atom stereocenters. The topological polar surface area (TPSA) is 111 Å². The fourth-order valence-corrected chi connectivity index (χ4v) is 1.81. The molecule has 1 aromatic carbocycles. The second-order valence-corrected chi connectivity index (χ2v) is 4.40. The Morgan fingerprint density at radius 2 is 2.27 bits per heavy atom. The molecule has 0 aliphatic carbocycles. The van der Waals surface area contributed by atoms with Gasteiger partial charge in [0.15, 0.2) is 5.78 Å². The van der Waals surface area contributed by atoms with E-state index < -0.39 is 0 Å². The smallest absolute Gasteiger partial charge is 0.159 e. The number of furan rings is 1. The van der Waals surface area contributed by atoms with E-state index in [1.54, 1.807) is 24.3 Å². The molecule has 0 amide bonds. The molecule has 0 saturated carbocycles. The summed E-state index contributed by atoms with van der Waals surface area (Å²) >= 11 is 0. The highest BCUT2D eigenvalue weighted by Crippen LogP contribution is 2.23. The number of rotatable bonds is 5. The maximum absolute atomic E-state index is 11.4. The van der Waals surface area contributed by atoms with Gasteiger partial charge in [-0.3, -0.25) is 25.6 Å². The van der Waals surface area contributed by atoms with E-state index in [9.17, 15) is 4.79 Å². The lowest BCUT2D eigenvalue weighted by Crippen LogP contribution is -1.91. The first-order valence-corrected chi connectivity index (χ1v) is 6.41. The lowest BCUT2D eigenvalue weighted by Gasteiger charge is -2.00. The van der Waals surface area contributed by atoms with Gasteiger partial charge in [0.05, 0.1) is 12.2 Å². The van der Waals surface area contributed by atoms with Crippen molar-refractivity contribution in [1.82, 2.24) is 20.6 Å². The number of ketones is 1. The van der Waals surface area contributed by atoms with Gasteiger partial charge in [-0.1, -0.05) is 18.2 Å². The number of nitrogens with zero attached hydrogens (tertiary/aromatic N) is 5. The van der Waals surface area contributed by atoms with Gasteiger partial charge >= 0.3 is 0 Å². The van der Waals surface area contributed by atoms with E-state index in [-0.39, 0.29) is 11.7 Å². The molecule has 0 spiro atoms. The summed E-state index contributed by atoms with van der Waals surface area (Å²) in [6.07, 6.45) is 1.44. The molecule has 0 bridgehead atoms. The summed E-state index contributed by atoms with van der Waals surface area (Å²) < 4.78 is 5.64. The Bertz CT molecular complexity index is 806. The van der Waals surface area contributed by atoms with E-state index in [0.717, 1.165) is 5.56 Å². The number of aromatic nitrogens is 4. The number of tetrazole rings is 1. The van der Waals surface area contributed by atoms with Crippen molar-refractivity contribution >= 4 is 17.9 Å². The number of hydrogen-bond donors (Lipinski definition) is 1. The van der Waals surface area contributed by atoms with Gasteiger partial charge in [0.2, 0.25) is 0 Å². The minimum Gasteiger partial charge on any atom is -0.455 e. The zero-order valence-corrected chi connectivity index (χ0v) is 11.6. The average molecular weight is 295 g/mol. The molecule has 0 radical (unpaired) electrons. The standard InChI is InChI=1S/C14H11N6O2/c1-9(21)10-3-2-4-11(7-10)13-6-5-12(22-13)8-15-16-14-17-19-20-18-14/h2-8H,1H3,(H-,16,17,18,19,20)/q-1/b15-8+. The SMILES string of the molecule is CC(=O)c1cccc(-c2ccc(/C=N/[N-]c3nn[nH]n3)o2)c1. The molecule has 2 heterocycles. The van der Waals surface area contributed by atoms with E-state index in [2.05, 4.69) is 31.2 Å². The van der Waals surface area contributed by atoms with E-state index in [1.165, 1.54) is 13.1 Å². The van der Waals surface area contributed by atoms with Crippen LogP contribution >= 0.6 is 0 Å². The summed E-state index contributed by atoms with van der Waals surface area (Å²) in [5.41, 5.74) is 5.19. The quantitative estimate of drug-likeness (QED) is 0.442. The summed E-state index contributed by atoms with van der Waals surface area (Å²) in [5, 5.41) is 16.7. The monoisotopic (exact) mass is 295 g/mol. The first kappa shape index (κ1) is 13.7. The first-order chi connectivity index (χ1) is 10.7. The molecular formula is C14H11N6O2-. The highest BCUT2D eigenvalue weighted by molar-refractivity contribution is 5.95. The third kappa shape index (κ3) is 3.06. The second-order valence-electron chi connectivity index (χ2n) is 4.40. The third-order valence-electron chi connectivity index (χ3n) is 2.85. The van der Waals surface area contributed by atoms with Crippen LogP contribution in [-0.2, 0) is 0 Å². The number of nitrogens with one attached hydrogen (secondary N) is 1. The van der Waals surface area contributed by atoms with Crippen LogP contribution in [0.5, 0.6) is 0 Å². The van der Waals surface area contributed by atoms with Crippen molar-refractivity contribution in [2.24, 2.45) is 5.10 Å². The molecule has 2 aromatic heterocycles. The van der Waals surface area contributed by atoms with Crippen LogP contribution < -0.4 is 0 Å². The Hall–Kier alpha value is -3.29. The highest BCUT2D eigenvalue weighted by atomic mass is 16.3. The normalized spacial score (nSPS) is 11.0. The van der Waals surface area contributed by atoms with Crippen LogP contribution in [0.4, 0.5) is 5.95 Å². The van der Waals surface area contributed by atoms with E-state index in [0.29, 0.717) is 17.1 Å². The Labute approximate surface area is 125 Å². The number of H-pyrrole nitrogens is 1. The van der Waals surface area contributed by atoms with Crippen molar-refractivity contribution in [2.75, 3.05) is 0 Å². The summed E-state index contributed by atoms with van der Waals surface area (Å²) in [7, 11) is 0. The molecule has 0 aliphatic rings. The van der Waals surface area contributed by atoms with Gasteiger partial charge < -0.3 is 4.42 Å². The number of Topliss-reactive ketones (excluding diaryl/α,β-unsaturated/α-hetero) is 1. The van der Waals surface area contributed by atoms with Gasteiger partial charge in [-0.2, -0.15) is 0 Å². The van der Waals surface area contributed by atoms with Crippen LogP contribution in [0.1, 0.15) is 23.0 Å². The molecule has 1 N–H and O–H groups in total. The first-order valence-electron chi connectivity index (χ1n) is 6.41. The molecule has 22 heavy (non-hydrogen) atoms. The third-order valence-corrected chi connectivity index (χ3v) is 2.85. The highest BCUT2D eigenvalue weighted by Gasteiger charge is 2.06. The fourth-order valence-electron chi connectivity index (χ4n) is 1.81. The van der Waals surface area contributed by atoms with E-state index in [4.69, 9.17) is 4.42 Å². The van der Waals surface area contributed by atoms with Crippen LogP contribution in [0.3, 0.4) is 0 Å². The zero-order valence-electron chi connectivity index (χ0n) is 11.6. The van der Waals surface area contributed by atoms with Gasteiger partial charge in [0, 0.05) is 11.1 Å². The molecule has 8 heteroatoms. The number of carbonyl (C=O) groups excluding carboxylic acids is 1. The van der Waals surface area contributed by atoms with Gasteiger partial charge in [-0.25, -0.2) is 5.10 Å². The van der Waals surface area contributed by atoms with Crippen LogP contribution in [0.25, 0.3) is 16.7 Å². The molecule has 0 saturated heterocycles. The molecule has 3 rings (SSSR count). The minimum absolute atomic E-state index is 0.00843. The lowest BCUT2D eigenvalue weighted by molar-refractivity contribution is 0.101. The van der Waals surface area contributed by atoms with Gasteiger partial charge in [0.1, 0.15) is 11.5 Å². The Balaban J connectivity index is 1.74. The predicted octanol–water partition coefficient (Wildman–Crippen LogP) is 2.70. The summed E-state index contributed by atoms with van der Waals surface area (Å²) in [4.78, 5) is 11.4. The van der Waals surface area contributed by atoms with Crippen LogP contribution in [-0.4, -0.2) is 32.6 Å². The summed E-state index contributed by atoms with van der Waals surface area (Å²) in [6.45, 7) is 1.53. The second kappa shape index (κ2) is 6.00. The molecule has 8 nitrogen and oxygen atoms in total. The van der Waals surface area contributed by atoms with Crippen molar-refractivity contribution in [3.8, 4) is 11.3 Å². The van der Waals surface area contributed by atoms with Crippen LogP contribution in [0.15, 0.2) is 45.9 Å². The van der Waals surface area contributed by atoms with Gasteiger partial charge in [-0.15, -0.1) is 5.21 Å². The molecule has 3 aromatic rings. The zero-order chi connectivity index (χ0) is 15.4. The van der Waals surface area contributed by atoms with Crippen molar-refractivity contribution in [3.63, 3.8) is 0 Å². The lowest BCUT2D eigenvalue weighted by atomic mass is 10.1. The average Bonchev–Trinajstić information content (AvgIpc) is 3.19. The van der Waals surface area contributed by atoms with E-state index in [1.807, 2.05) is 12.1 Å². The van der Waals surface area contributed by atoms with Gasteiger partial charge in [-0.05, 0) is 25.1 Å². The Morgan fingerprint density at radius 1 is 1.36 bits per heavy atom. The van der Waals surface area contributed by atoms with Crippen molar-refractivity contribution < 1.29 is 9.21 Å². The fraction of sp³-hybridized carbons (Fsp3) is 0.0714. The maximum Gasteiger partial charge on any atom is 0.159 e. The predicted molar refractivity (Wildman–Crippen MR) is 78.9 cm³/mol. The molecule has 0 aliphatic heterocycles. The van der Waals surface area contributed by atoms with Crippen molar-refractivity contribution in [2.45, 2.75) is 6.92 Å². The van der Waals surface area contributed by atoms with Crippen molar-refractivity contribution in [3.05, 3.63) is 53.1 Å². The molecule has 110 valence electrons. The maximum atomic E-state index is 11.4. The number of carbonyl (C=O) groups is 1. The molecule has 0 atom stereocenters. The van der Waals surface area contributed by atoms with E-state index >= 15 is 0 Å². The number of aromatic amines is 1. The summed E-state index contributed by atoms with van der Waals surface area (Å²) in [5.74, 6) is 1.31. The number of hydrogen-bond acceptors (Lipinski definition) is 6. The minimum atomic E-state index is 0.00843. The van der Waals surface area contributed by atoms with Crippen molar-refractivity contribution in [1.29, 1.82) is 0 Å². The number of benzene rings is 1.